The van der Waals surface area contributed by atoms with E-state index in [-0.39, 0.29) is 12.3 Å². The van der Waals surface area contributed by atoms with Gasteiger partial charge in [0.25, 0.3) is 0 Å². The van der Waals surface area contributed by atoms with Crippen molar-refractivity contribution in [2.24, 2.45) is 4.99 Å². The number of anilines is 1. The first kappa shape index (κ1) is 21.6. The third kappa shape index (κ3) is 6.16. The number of methoxy groups -OCH3 is 1. The molecule has 0 saturated carbocycles. The summed E-state index contributed by atoms with van der Waals surface area (Å²) in [6, 6.07) is 13.9. The van der Waals surface area contributed by atoms with E-state index in [1.807, 2.05) is 26.0 Å². The van der Waals surface area contributed by atoms with E-state index >= 15 is 0 Å². The van der Waals surface area contributed by atoms with Crippen molar-refractivity contribution in [1.29, 1.82) is 0 Å². The zero-order valence-electron chi connectivity index (χ0n) is 16.4. The monoisotopic (exact) mass is 405 g/mol. The van der Waals surface area contributed by atoms with Crippen LogP contribution in [0.5, 0.6) is 11.5 Å². The number of nitrogens with one attached hydrogen (secondary N) is 2. The average molecular weight is 406 g/mol. The molecule has 0 aliphatic heterocycles. The summed E-state index contributed by atoms with van der Waals surface area (Å²) in [5.74, 6) is 1.69. The summed E-state index contributed by atoms with van der Waals surface area (Å²) in [5.41, 5.74) is 0.755. The minimum atomic E-state index is -3.37. The quantitative estimate of drug-likeness (QED) is 0.493. The van der Waals surface area contributed by atoms with E-state index in [4.69, 9.17) is 9.47 Å². The van der Waals surface area contributed by atoms with Gasteiger partial charge in [-0.2, -0.15) is 0 Å². The van der Waals surface area contributed by atoms with Crippen LogP contribution in [0.2, 0.25) is 0 Å². The number of aliphatic imine (C=N–C) groups is 1. The number of guanidine groups is 1. The number of ether oxygens (including phenoxy) is 2. The van der Waals surface area contributed by atoms with Crippen molar-refractivity contribution >= 4 is 21.5 Å². The van der Waals surface area contributed by atoms with Crippen LogP contribution in [0, 0.1) is 0 Å². The molecule has 0 bridgehead atoms. The van der Waals surface area contributed by atoms with Crippen LogP contribution < -0.4 is 20.1 Å². The van der Waals surface area contributed by atoms with Crippen LogP contribution in [-0.2, 0) is 9.84 Å². The smallest absolute Gasteiger partial charge is 0.195 e. The van der Waals surface area contributed by atoms with Crippen LogP contribution >= 0.6 is 0 Å². The molecule has 0 saturated heterocycles. The molecule has 0 atom stereocenters. The molecule has 0 fully saturated rings. The Morgan fingerprint density at radius 3 is 2.46 bits per heavy atom. The minimum Gasteiger partial charge on any atom is -0.493 e. The molecule has 7 nitrogen and oxygen atoms in total. The van der Waals surface area contributed by atoms with Crippen LogP contribution in [0.3, 0.4) is 0 Å². The molecule has 0 spiro atoms. The zero-order valence-corrected chi connectivity index (χ0v) is 17.3. The second-order valence-electron chi connectivity index (χ2n) is 5.82. The van der Waals surface area contributed by atoms with Crippen LogP contribution in [0.15, 0.2) is 58.4 Å². The maximum Gasteiger partial charge on any atom is 0.195 e. The summed E-state index contributed by atoms with van der Waals surface area (Å²) < 4.78 is 35.6. The molecule has 2 aromatic rings. The zero-order chi connectivity index (χ0) is 20.4. The number of rotatable bonds is 9. The summed E-state index contributed by atoms with van der Waals surface area (Å²) in [7, 11) is -1.79. The van der Waals surface area contributed by atoms with Crippen molar-refractivity contribution in [3.8, 4) is 11.5 Å². The Balaban J connectivity index is 2.08. The molecule has 0 aromatic heterocycles. The van der Waals surface area contributed by atoms with Gasteiger partial charge in [0, 0.05) is 18.3 Å². The second kappa shape index (κ2) is 10.6. The van der Waals surface area contributed by atoms with E-state index in [0.29, 0.717) is 35.5 Å². The maximum absolute atomic E-state index is 12.4. The molecule has 0 aliphatic carbocycles. The lowest BCUT2D eigenvalue weighted by Crippen LogP contribution is -2.31. The van der Waals surface area contributed by atoms with Gasteiger partial charge in [-0.15, -0.1) is 0 Å². The summed E-state index contributed by atoms with van der Waals surface area (Å²) >= 11 is 0. The topological polar surface area (TPSA) is 89.0 Å². The van der Waals surface area contributed by atoms with Gasteiger partial charge in [-0.1, -0.05) is 18.2 Å². The Morgan fingerprint density at radius 1 is 1.07 bits per heavy atom. The fraction of sp³-hybridized carbons (Fsp3) is 0.350. The third-order valence-corrected chi connectivity index (χ3v) is 5.51. The van der Waals surface area contributed by atoms with Gasteiger partial charge < -0.3 is 20.1 Å². The SMILES string of the molecule is CCNC(=NCCS(=O)(=O)c1ccccc1)Nc1ccc(OCC)c(OC)c1. The van der Waals surface area contributed by atoms with E-state index in [9.17, 15) is 8.42 Å². The molecule has 0 radical (unpaired) electrons. The molecule has 8 heteroatoms. The van der Waals surface area contributed by atoms with E-state index in [1.54, 1.807) is 43.5 Å². The molecule has 2 rings (SSSR count). The highest BCUT2D eigenvalue weighted by Gasteiger charge is 2.13. The van der Waals surface area contributed by atoms with Gasteiger partial charge in [-0.05, 0) is 38.1 Å². The summed E-state index contributed by atoms with van der Waals surface area (Å²) in [5, 5.41) is 6.26. The Kier molecular flexibility index (Phi) is 8.13. The highest BCUT2D eigenvalue weighted by Crippen LogP contribution is 2.30. The number of benzene rings is 2. The average Bonchev–Trinajstić information content (AvgIpc) is 2.70. The standard InChI is InChI=1S/C20H27N3O4S/c1-4-21-20(22-13-14-28(24,25)17-9-7-6-8-10-17)23-16-11-12-18(27-5-2)19(15-16)26-3/h6-12,15H,4-5,13-14H2,1-3H3,(H2,21,22,23). The predicted molar refractivity (Wildman–Crippen MR) is 112 cm³/mol. The third-order valence-electron chi connectivity index (χ3n) is 3.80. The van der Waals surface area contributed by atoms with Crippen molar-refractivity contribution in [3.05, 3.63) is 48.5 Å². The fourth-order valence-electron chi connectivity index (χ4n) is 2.49. The normalized spacial score (nSPS) is 11.8. The highest BCUT2D eigenvalue weighted by atomic mass is 32.2. The summed E-state index contributed by atoms with van der Waals surface area (Å²) in [6.45, 7) is 5.18. The van der Waals surface area contributed by atoms with Gasteiger partial charge >= 0.3 is 0 Å². The van der Waals surface area contributed by atoms with Crippen molar-refractivity contribution < 1.29 is 17.9 Å². The van der Waals surface area contributed by atoms with Gasteiger partial charge in [0.1, 0.15) is 0 Å². The molecular weight excluding hydrogens is 378 g/mol. The second-order valence-corrected chi connectivity index (χ2v) is 7.93. The molecule has 28 heavy (non-hydrogen) atoms. The minimum absolute atomic E-state index is 0.0693. The Hall–Kier alpha value is -2.74. The summed E-state index contributed by atoms with van der Waals surface area (Å²) in [4.78, 5) is 4.68. The van der Waals surface area contributed by atoms with Crippen LogP contribution in [0.1, 0.15) is 13.8 Å². The first-order chi connectivity index (χ1) is 13.5. The van der Waals surface area contributed by atoms with E-state index in [1.165, 1.54) is 0 Å². The van der Waals surface area contributed by atoms with Crippen molar-refractivity contribution in [3.63, 3.8) is 0 Å². The molecule has 152 valence electrons. The Morgan fingerprint density at radius 2 is 1.82 bits per heavy atom. The van der Waals surface area contributed by atoms with E-state index in [0.717, 1.165) is 5.69 Å². The van der Waals surface area contributed by atoms with Crippen LogP contribution in [0.4, 0.5) is 5.69 Å². The highest BCUT2D eigenvalue weighted by molar-refractivity contribution is 7.91. The largest absolute Gasteiger partial charge is 0.493 e. The molecule has 0 aliphatic rings. The number of hydrogen-bond acceptors (Lipinski definition) is 5. The van der Waals surface area contributed by atoms with Crippen LogP contribution in [0.25, 0.3) is 0 Å². The van der Waals surface area contributed by atoms with Crippen molar-refractivity contribution in [1.82, 2.24) is 5.32 Å². The van der Waals surface area contributed by atoms with Crippen LogP contribution in [-0.4, -0.2) is 46.9 Å². The van der Waals surface area contributed by atoms with E-state index in [2.05, 4.69) is 15.6 Å². The lowest BCUT2D eigenvalue weighted by molar-refractivity contribution is 0.311. The number of nitrogens with zero attached hydrogens (tertiary/aromatic N) is 1. The molecule has 2 N–H and O–H groups in total. The lowest BCUT2D eigenvalue weighted by Gasteiger charge is -2.14. The van der Waals surface area contributed by atoms with Gasteiger partial charge in [0.05, 0.1) is 30.9 Å². The Bertz CT molecular complexity index is 884. The molecule has 0 heterocycles. The van der Waals surface area contributed by atoms with Crippen molar-refractivity contribution in [2.75, 3.05) is 37.9 Å². The number of hydrogen-bond donors (Lipinski definition) is 2. The van der Waals surface area contributed by atoms with Gasteiger partial charge in [0.2, 0.25) is 0 Å². The number of sulfone groups is 1. The van der Waals surface area contributed by atoms with Gasteiger partial charge in [-0.3, -0.25) is 4.99 Å². The van der Waals surface area contributed by atoms with Gasteiger partial charge in [-0.25, -0.2) is 8.42 Å². The molecule has 0 amide bonds. The lowest BCUT2D eigenvalue weighted by atomic mass is 10.2. The first-order valence-electron chi connectivity index (χ1n) is 9.14. The van der Waals surface area contributed by atoms with Crippen molar-refractivity contribution in [2.45, 2.75) is 18.7 Å². The van der Waals surface area contributed by atoms with Gasteiger partial charge in [0.15, 0.2) is 27.3 Å². The Labute approximate surface area is 166 Å². The summed E-state index contributed by atoms with van der Waals surface area (Å²) in [6.07, 6.45) is 0. The molecular formula is C20H27N3O4S. The van der Waals surface area contributed by atoms with E-state index < -0.39 is 9.84 Å². The predicted octanol–water partition coefficient (Wildman–Crippen LogP) is 2.95. The fourth-order valence-corrected chi connectivity index (χ4v) is 3.63. The molecule has 0 unspecified atom stereocenters. The first-order valence-corrected chi connectivity index (χ1v) is 10.8. The maximum atomic E-state index is 12.4. The molecule has 2 aromatic carbocycles.